The van der Waals surface area contributed by atoms with Gasteiger partial charge in [-0.2, -0.15) is 4.98 Å². The maximum atomic E-state index is 9.37. The lowest BCUT2D eigenvalue weighted by molar-refractivity contribution is 0.285. The normalized spacial score (nSPS) is 10.9. The molecule has 0 fully saturated rings. The molecule has 4 aromatic rings. The summed E-state index contributed by atoms with van der Waals surface area (Å²) in [5, 5.41) is 13.5. The lowest BCUT2D eigenvalue weighted by Crippen LogP contribution is -1.85. The van der Waals surface area contributed by atoms with E-state index in [-0.39, 0.29) is 6.61 Å². The molecular formula is C21H18N2O3S. The van der Waals surface area contributed by atoms with Gasteiger partial charge < -0.3 is 14.4 Å². The third-order valence-corrected chi connectivity index (χ3v) is 5.26. The summed E-state index contributed by atoms with van der Waals surface area (Å²) in [5.41, 5.74) is 1.94. The Balaban J connectivity index is 1.56. The molecule has 0 saturated carbocycles. The van der Waals surface area contributed by atoms with Gasteiger partial charge in [0.25, 0.3) is 5.89 Å². The van der Waals surface area contributed by atoms with Gasteiger partial charge in [0.1, 0.15) is 11.5 Å². The highest BCUT2D eigenvalue weighted by atomic mass is 32.1. The van der Waals surface area contributed by atoms with Gasteiger partial charge in [-0.25, -0.2) is 0 Å². The highest BCUT2D eigenvalue weighted by Crippen LogP contribution is 2.33. The van der Waals surface area contributed by atoms with E-state index in [1.165, 1.54) is 11.3 Å². The number of hydrogen-bond acceptors (Lipinski definition) is 6. The van der Waals surface area contributed by atoms with E-state index in [0.29, 0.717) is 11.7 Å². The van der Waals surface area contributed by atoms with Crippen LogP contribution in [0, 0.1) is 0 Å². The Kier molecular flexibility index (Phi) is 5.00. The summed E-state index contributed by atoms with van der Waals surface area (Å²) >= 11 is 1.49. The Hall–Kier alpha value is -2.96. The first-order chi connectivity index (χ1) is 13.3. The van der Waals surface area contributed by atoms with Crippen molar-refractivity contribution in [2.24, 2.45) is 0 Å². The van der Waals surface area contributed by atoms with Crippen LogP contribution in [0.2, 0.25) is 0 Å². The highest BCUT2D eigenvalue weighted by molar-refractivity contribution is 7.15. The molecular weight excluding hydrogens is 360 g/mol. The first-order valence-electron chi connectivity index (χ1n) is 8.66. The number of aromatic nitrogens is 2. The highest BCUT2D eigenvalue weighted by Gasteiger charge is 2.16. The van der Waals surface area contributed by atoms with E-state index >= 15 is 0 Å². The molecule has 1 N–H and O–H groups in total. The van der Waals surface area contributed by atoms with Crippen LogP contribution < -0.4 is 4.74 Å². The van der Waals surface area contributed by atoms with Gasteiger partial charge in [0.05, 0.1) is 11.5 Å². The largest absolute Gasteiger partial charge is 0.457 e. The van der Waals surface area contributed by atoms with Crippen LogP contribution in [-0.4, -0.2) is 15.2 Å². The molecule has 0 radical (unpaired) electrons. The molecule has 2 heterocycles. The summed E-state index contributed by atoms with van der Waals surface area (Å²) < 4.78 is 11.2. The standard InChI is InChI=1S/C21H18N2O3S/c1-2-14-12-18(13-24)27-19(14)20-22-21(26-23-20)15-8-10-17(11-9-15)25-16-6-4-3-5-7-16/h3-12,24H,2,13H2,1H3. The number of rotatable bonds is 6. The minimum atomic E-state index is 0.0191. The fraction of sp³-hybridized carbons (Fsp3) is 0.143. The Labute approximate surface area is 160 Å². The van der Waals surface area contributed by atoms with Crippen LogP contribution in [0.5, 0.6) is 11.5 Å². The molecule has 0 aliphatic heterocycles. The molecule has 0 aliphatic carbocycles. The number of aliphatic hydroxyl groups excluding tert-OH is 1. The fourth-order valence-electron chi connectivity index (χ4n) is 2.74. The average molecular weight is 378 g/mol. The molecule has 5 nitrogen and oxygen atoms in total. The van der Waals surface area contributed by atoms with Crippen LogP contribution in [-0.2, 0) is 13.0 Å². The van der Waals surface area contributed by atoms with Gasteiger partial charge in [-0.05, 0) is 54.4 Å². The molecule has 136 valence electrons. The summed E-state index contributed by atoms with van der Waals surface area (Å²) in [5.74, 6) is 2.53. The summed E-state index contributed by atoms with van der Waals surface area (Å²) in [7, 11) is 0. The van der Waals surface area contributed by atoms with Crippen LogP contribution in [0.1, 0.15) is 17.4 Å². The van der Waals surface area contributed by atoms with Crippen molar-refractivity contribution < 1.29 is 14.4 Å². The fourth-order valence-corrected chi connectivity index (χ4v) is 3.78. The summed E-state index contributed by atoms with van der Waals surface area (Å²) in [4.78, 5) is 6.37. The van der Waals surface area contributed by atoms with Gasteiger partial charge in [0.2, 0.25) is 5.82 Å². The second-order valence-corrected chi connectivity index (χ2v) is 7.08. The Morgan fingerprint density at radius 3 is 2.48 bits per heavy atom. The molecule has 0 atom stereocenters. The first-order valence-corrected chi connectivity index (χ1v) is 9.48. The molecule has 0 saturated heterocycles. The number of benzene rings is 2. The molecule has 0 spiro atoms. The van der Waals surface area contributed by atoms with Gasteiger partial charge >= 0.3 is 0 Å². The Morgan fingerprint density at radius 2 is 1.78 bits per heavy atom. The second kappa shape index (κ2) is 7.73. The van der Waals surface area contributed by atoms with Crippen LogP contribution in [0.25, 0.3) is 22.2 Å². The molecule has 2 aromatic carbocycles. The smallest absolute Gasteiger partial charge is 0.258 e. The zero-order valence-corrected chi connectivity index (χ0v) is 15.6. The number of nitrogens with zero attached hydrogens (tertiary/aromatic N) is 2. The van der Waals surface area contributed by atoms with E-state index in [0.717, 1.165) is 38.8 Å². The van der Waals surface area contributed by atoms with Crippen molar-refractivity contribution in [3.8, 4) is 33.7 Å². The van der Waals surface area contributed by atoms with E-state index in [2.05, 4.69) is 17.1 Å². The van der Waals surface area contributed by atoms with Crippen molar-refractivity contribution in [2.75, 3.05) is 0 Å². The predicted molar refractivity (Wildman–Crippen MR) is 105 cm³/mol. The third kappa shape index (κ3) is 3.77. The maximum absolute atomic E-state index is 9.37. The van der Waals surface area contributed by atoms with E-state index in [9.17, 15) is 5.11 Å². The molecule has 4 rings (SSSR count). The lowest BCUT2D eigenvalue weighted by Gasteiger charge is -2.05. The monoisotopic (exact) mass is 378 g/mol. The number of ether oxygens (including phenoxy) is 1. The SMILES string of the molecule is CCc1cc(CO)sc1-c1noc(-c2ccc(Oc3ccccc3)cc2)n1. The van der Waals surface area contributed by atoms with Gasteiger partial charge in [-0.1, -0.05) is 30.3 Å². The molecule has 27 heavy (non-hydrogen) atoms. The molecule has 0 amide bonds. The van der Waals surface area contributed by atoms with Crippen LogP contribution in [0.4, 0.5) is 0 Å². The van der Waals surface area contributed by atoms with E-state index in [4.69, 9.17) is 9.26 Å². The minimum Gasteiger partial charge on any atom is -0.457 e. The molecule has 6 heteroatoms. The maximum Gasteiger partial charge on any atom is 0.258 e. The van der Waals surface area contributed by atoms with Crippen LogP contribution in [0.3, 0.4) is 0 Å². The van der Waals surface area contributed by atoms with Gasteiger partial charge in [0, 0.05) is 10.4 Å². The van der Waals surface area contributed by atoms with Crippen molar-refractivity contribution in [2.45, 2.75) is 20.0 Å². The zero-order chi connectivity index (χ0) is 18.6. The van der Waals surface area contributed by atoms with Gasteiger partial charge in [0.15, 0.2) is 0 Å². The van der Waals surface area contributed by atoms with Gasteiger partial charge in [-0.15, -0.1) is 11.3 Å². The Morgan fingerprint density at radius 1 is 1.04 bits per heavy atom. The molecule has 0 aliphatic rings. The van der Waals surface area contributed by atoms with Crippen LogP contribution in [0.15, 0.2) is 65.2 Å². The minimum absolute atomic E-state index is 0.0191. The van der Waals surface area contributed by atoms with E-state index in [1.54, 1.807) is 0 Å². The number of para-hydroxylation sites is 1. The summed E-state index contributed by atoms with van der Waals surface area (Å²) in [6, 6.07) is 19.2. The van der Waals surface area contributed by atoms with E-state index < -0.39 is 0 Å². The molecule has 0 bridgehead atoms. The third-order valence-electron chi connectivity index (χ3n) is 4.11. The summed E-state index contributed by atoms with van der Waals surface area (Å²) in [6.45, 7) is 2.09. The van der Waals surface area contributed by atoms with Crippen molar-refractivity contribution in [3.63, 3.8) is 0 Å². The topological polar surface area (TPSA) is 68.4 Å². The first kappa shape index (κ1) is 17.5. The second-order valence-electron chi connectivity index (χ2n) is 5.94. The number of hydrogen-bond donors (Lipinski definition) is 1. The Bertz CT molecular complexity index is 1020. The number of thiophene rings is 1. The zero-order valence-electron chi connectivity index (χ0n) is 14.8. The number of aryl methyl sites for hydroxylation is 1. The predicted octanol–water partition coefficient (Wildman–Crippen LogP) is 5.31. The molecule has 2 aromatic heterocycles. The quantitative estimate of drug-likeness (QED) is 0.492. The summed E-state index contributed by atoms with van der Waals surface area (Å²) in [6.07, 6.45) is 0.848. The van der Waals surface area contributed by atoms with Crippen molar-refractivity contribution in [1.82, 2.24) is 10.1 Å². The van der Waals surface area contributed by atoms with Gasteiger partial charge in [-0.3, -0.25) is 0 Å². The van der Waals surface area contributed by atoms with Crippen molar-refractivity contribution in [1.29, 1.82) is 0 Å². The van der Waals surface area contributed by atoms with Crippen molar-refractivity contribution in [3.05, 3.63) is 71.1 Å². The average Bonchev–Trinajstić information content (AvgIpc) is 3.36. The van der Waals surface area contributed by atoms with Crippen molar-refractivity contribution >= 4 is 11.3 Å². The molecule has 0 unspecified atom stereocenters. The lowest BCUT2D eigenvalue weighted by atomic mass is 10.2. The number of aliphatic hydroxyl groups is 1. The van der Waals surface area contributed by atoms with E-state index in [1.807, 2.05) is 60.7 Å². The van der Waals surface area contributed by atoms with Crippen LogP contribution >= 0.6 is 11.3 Å².